The molecule has 1 atom stereocenters. The number of aliphatic hydroxyl groups excluding tert-OH is 1. The molecule has 1 aromatic rings. The van der Waals surface area contributed by atoms with Gasteiger partial charge in [-0.2, -0.15) is 0 Å². The van der Waals surface area contributed by atoms with Crippen molar-refractivity contribution in [3.8, 4) is 5.75 Å². The normalized spacial score (nSPS) is 20.1. The summed E-state index contributed by atoms with van der Waals surface area (Å²) in [5.74, 6) is 1.51. The zero-order valence-electron chi connectivity index (χ0n) is 12.1. The van der Waals surface area contributed by atoms with Gasteiger partial charge in [0.25, 0.3) is 0 Å². The van der Waals surface area contributed by atoms with Crippen LogP contribution in [0.5, 0.6) is 5.75 Å². The van der Waals surface area contributed by atoms with Gasteiger partial charge in [-0.1, -0.05) is 12.1 Å². The first-order chi connectivity index (χ1) is 10.00. The molecule has 0 radical (unpaired) electrons. The highest BCUT2D eigenvalue weighted by Crippen LogP contribution is 2.24. The van der Waals surface area contributed by atoms with Crippen molar-refractivity contribution >= 4 is 9.84 Å². The summed E-state index contributed by atoms with van der Waals surface area (Å²) in [5, 5.41) is 9.92. The fraction of sp³-hybridized carbons (Fsp3) is 0.600. The van der Waals surface area contributed by atoms with Gasteiger partial charge in [0, 0.05) is 0 Å². The van der Waals surface area contributed by atoms with Gasteiger partial charge in [0.15, 0.2) is 0 Å². The highest BCUT2D eigenvalue weighted by molar-refractivity contribution is 7.91. The van der Waals surface area contributed by atoms with Crippen LogP contribution in [0.3, 0.4) is 0 Å². The second-order valence-corrected chi connectivity index (χ2v) is 7.88. The summed E-state index contributed by atoms with van der Waals surface area (Å²) in [6.07, 6.45) is 1.28. The number of hydrogen-bond donors (Lipinski definition) is 2. The lowest BCUT2D eigenvalue weighted by Crippen LogP contribution is -2.26. The summed E-state index contributed by atoms with van der Waals surface area (Å²) in [6, 6.07) is 7.36. The molecule has 1 aliphatic heterocycles. The fourth-order valence-electron chi connectivity index (χ4n) is 2.46. The Balaban J connectivity index is 1.87. The van der Waals surface area contributed by atoms with Crippen molar-refractivity contribution in [1.29, 1.82) is 0 Å². The van der Waals surface area contributed by atoms with E-state index in [1.807, 2.05) is 24.3 Å². The lowest BCUT2D eigenvalue weighted by Gasteiger charge is -2.22. The lowest BCUT2D eigenvalue weighted by atomic mass is 10.0. The van der Waals surface area contributed by atoms with Gasteiger partial charge in [0.05, 0.1) is 24.2 Å². The van der Waals surface area contributed by atoms with Crippen LogP contribution in [-0.2, 0) is 9.84 Å². The Kier molecular flexibility index (Phi) is 5.61. The standard InChI is InChI=1S/C15H23NO4S/c16-7-4-15(17)13-2-1-3-14(10-13)20-11-12-5-8-21(18,19)9-6-12/h1-3,10,12,15,17H,4-9,11,16H2/t15-/m1/s1. The van der Waals surface area contributed by atoms with Crippen LogP contribution in [0.2, 0.25) is 0 Å². The molecule has 0 bridgehead atoms. The molecule has 21 heavy (non-hydrogen) atoms. The third-order valence-corrected chi connectivity index (χ3v) is 5.56. The molecule has 0 amide bonds. The maximum absolute atomic E-state index is 11.4. The number of rotatable bonds is 6. The Morgan fingerprint density at radius 3 is 2.71 bits per heavy atom. The molecule has 0 saturated carbocycles. The van der Waals surface area contributed by atoms with Crippen LogP contribution in [-0.4, -0.2) is 38.2 Å². The van der Waals surface area contributed by atoms with E-state index < -0.39 is 15.9 Å². The lowest BCUT2D eigenvalue weighted by molar-refractivity contribution is 0.169. The molecular weight excluding hydrogens is 290 g/mol. The Labute approximate surface area is 126 Å². The van der Waals surface area contributed by atoms with E-state index in [0.29, 0.717) is 38.2 Å². The number of nitrogens with two attached hydrogens (primary N) is 1. The fourth-order valence-corrected chi connectivity index (χ4v) is 4.04. The number of aliphatic hydroxyl groups is 1. The smallest absolute Gasteiger partial charge is 0.150 e. The second kappa shape index (κ2) is 7.24. The minimum absolute atomic E-state index is 0.260. The molecule has 1 saturated heterocycles. The van der Waals surface area contributed by atoms with Crippen molar-refractivity contribution in [1.82, 2.24) is 0 Å². The Bertz CT molecular complexity index is 545. The van der Waals surface area contributed by atoms with Crippen molar-refractivity contribution in [3.05, 3.63) is 29.8 Å². The van der Waals surface area contributed by atoms with E-state index in [9.17, 15) is 13.5 Å². The zero-order valence-corrected chi connectivity index (χ0v) is 12.9. The van der Waals surface area contributed by atoms with Crippen LogP contribution in [0.25, 0.3) is 0 Å². The number of hydrogen-bond acceptors (Lipinski definition) is 5. The summed E-state index contributed by atoms with van der Waals surface area (Å²) in [7, 11) is -2.82. The highest BCUT2D eigenvalue weighted by atomic mass is 32.2. The van der Waals surface area contributed by atoms with Crippen LogP contribution in [0.15, 0.2) is 24.3 Å². The van der Waals surface area contributed by atoms with Gasteiger partial charge < -0.3 is 15.6 Å². The van der Waals surface area contributed by atoms with E-state index in [4.69, 9.17) is 10.5 Å². The maximum atomic E-state index is 11.4. The van der Waals surface area contributed by atoms with E-state index in [-0.39, 0.29) is 17.4 Å². The van der Waals surface area contributed by atoms with Gasteiger partial charge in [0.2, 0.25) is 0 Å². The first kappa shape index (κ1) is 16.3. The van der Waals surface area contributed by atoms with Crippen LogP contribution in [0.4, 0.5) is 0 Å². The average Bonchev–Trinajstić information content (AvgIpc) is 2.47. The number of ether oxygens (including phenoxy) is 1. The average molecular weight is 313 g/mol. The maximum Gasteiger partial charge on any atom is 0.150 e. The summed E-state index contributed by atoms with van der Waals surface area (Å²) < 4.78 is 28.5. The van der Waals surface area contributed by atoms with Gasteiger partial charge in [-0.3, -0.25) is 0 Å². The van der Waals surface area contributed by atoms with Gasteiger partial charge in [0.1, 0.15) is 15.6 Å². The van der Waals surface area contributed by atoms with Gasteiger partial charge in [-0.05, 0) is 49.4 Å². The van der Waals surface area contributed by atoms with Crippen molar-refractivity contribution in [2.45, 2.75) is 25.4 Å². The molecule has 1 aromatic carbocycles. The quantitative estimate of drug-likeness (QED) is 0.825. The molecule has 1 aliphatic rings. The molecule has 3 N–H and O–H groups in total. The first-order valence-electron chi connectivity index (χ1n) is 7.31. The Hall–Kier alpha value is -1.11. The van der Waals surface area contributed by atoms with Gasteiger partial charge in [-0.25, -0.2) is 8.42 Å². The van der Waals surface area contributed by atoms with Crippen molar-refractivity contribution in [2.75, 3.05) is 24.7 Å². The molecule has 0 aromatic heterocycles. The van der Waals surface area contributed by atoms with Crippen LogP contribution in [0.1, 0.15) is 30.9 Å². The van der Waals surface area contributed by atoms with Crippen LogP contribution in [0, 0.1) is 5.92 Å². The molecule has 0 aliphatic carbocycles. The van der Waals surface area contributed by atoms with E-state index in [0.717, 1.165) is 5.56 Å². The summed E-state index contributed by atoms with van der Waals surface area (Å²) >= 11 is 0. The third kappa shape index (κ3) is 4.98. The first-order valence-corrected chi connectivity index (χ1v) is 9.13. The number of sulfone groups is 1. The number of benzene rings is 1. The second-order valence-electron chi connectivity index (χ2n) is 5.57. The monoisotopic (exact) mass is 313 g/mol. The molecule has 0 unspecified atom stereocenters. The minimum Gasteiger partial charge on any atom is -0.493 e. The molecule has 0 spiro atoms. The van der Waals surface area contributed by atoms with Crippen molar-refractivity contribution < 1.29 is 18.3 Å². The Morgan fingerprint density at radius 2 is 2.05 bits per heavy atom. The van der Waals surface area contributed by atoms with Crippen LogP contribution < -0.4 is 10.5 Å². The van der Waals surface area contributed by atoms with Crippen LogP contribution >= 0.6 is 0 Å². The van der Waals surface area contributed by atoms with Crippen molar-refractivity contribution in [2.24, 2.45) is 11.7 Å². The molecule has 6 heteroatoms. The predicted molar refractivity (Wildman–Crippen MR) is 81.9 cm³/mol. The summed E-state index contributed by atoms with van der Waals surface area (Å²) in [4.78, 5) is 0. The predicted octanol–water partition coefficient (Wildman–Crippen LogP) is 1.27. The zero-order chi connectivity index (χ0) is 15.3. The molecule has 1 heterocycles. The molecule has 5 nitrogen and oxygen atoms in total. The highest BCUT2D eigenvalue weighted by Gasteiger charge is 2.23. The minimum atomic E-state index is -2.82. The molecule has 2 rings (SSSR count). The van der Waals surface area contributed by atoms with Crippen molar-refractivity contribution in [3.63, 3.8) is 0 Å². The summed E-state index contributed by atoms with van der Waals surface area (Å²) in [5.41, 5.74) is 6.24. The van der Waals surface area contributed by atoms with Gasteiger partial charge in [-0.15, -0.1) is 0 Å². The van der Waals surface area contributed by atoms with Gasteiger partial charge >= 0.3 is 0 Å². The Morgan fingerprint density at radius 1 is 1.33 bits per heavy atom. The molecular formula is C15H23NO4S. The third-order valence-electron chi connectivity index (χ3n) is 3.84. The van der Waals surface area contributed by atoms with E-state index in [2.05, 4.69) is 0 Å². The van der Waals surface area contributed by atoms with E-state index >= 15 is 0 Å². The molecule has 1 fully saturated rings. The summed E-state index contributed by atoms with van der Waals surface area (Å²) in [6.45, 7) is 0.953. The SMILES string of the molecule is NCC[C@@H](O)c1cccc(OCC2CCS(=O)(=O)CC2)c1. The molecule has 118 valence electrons. The largest absolute Gasteiger partial charge is 0.493 e. The van der Waals surface area contributed by atoms with E-state index in [1.165, 1.54) is 0 Å². The topological polar surface area (TPSA) is 89.6 Å². The van der Waals surface area contributed by atoms with E-state index in [1.54, 1.807) is 0 Å².